The van der Waals surface area contributed by atoms with Crippen LogP contribution >= 0.6 is 0 Å². The molecule has 2 N–H and O–H groups in total. The molecule has 1 aliphatic rings. The highest BCUT2D eigenvalue weighted by Gasteiger charge is 2.32. The molecule has 0 saturated carbocycles. The standard InChI is InChI=1S/C22H24N2O5/c1-3-27-12-13-28-21(25)19-15(2)23-22(26)24-20(19)16-8-7-11-18(14-16)29-17-9-5-4-6-10-17/h4-11,14,20H,3,12-13H2,1-2H3,(H2,23,24,26). The van der Waals surface area contributed by atoms with Gasteiger partial charge in [-0.3, -0.25) is 0 Å². The summed E-state index contributed by atoms with van der Waals surface area (Å²) < 4.78 is 16.4. The van der Waals surface area contributed by atoms with Crippen molar-refractivity contribution in [2.24, 2.45) is 0 Å². The summed E-state index contributed by atoms with van der Waals surface area (Å²) >= 11 is 0. The number of hydrogen-bond acceptors (Lipinski definition) is 5. The molecule has 1 heterocycles. The fraction of sp³-hybridized carbons (Fsp3) is 0.273. The Balaban J connectivity index is 1.82. The Morgan fingerprint density at radius 3 is 2.55 bits per heavy atom. The van der Waals surface area contributed by atoms with Crippen LogP contribution in [0.15, 0.2) is 65.9 Å². The molecule has 0 aliphatic carbocycles. The van der Waals surface area contributed by atoms with Crippen molar-refractivity contribution in [1.82, 2.24) is 10.6 Å². The van der Waals surface area contributed by atoms with Crippen LogP contribution in [-0.2, 0) is 14.3 Å². The van der Waals surface area contributed by atoms with Gasteiger partial charge in [0.05, 0.1) is 18.2 Å². The van der Waals surface area contributed by atoms with Crippen LogP contribution < -0.4 is 15.4 Å². The number of urea groups is 1. The van der Waals surface area contributed by atoms with Gasteiger partial charge in [0.2, 0.25) is 0 Å². The van der Waals surface area contributed by atoms with Gasteiger partial charge in [0.1, 0.15) is 18.1 Å². The smallest absolute Gasteiger partial charge is 0.338 e. The summed E-state index contributed by atoms with van der Waals surface area (Å²) in [4.78, 5) is 24.7. The molecule has 1 aliphatic heterocycles. The van der Waals surface area contributed by atoms with Crippen molar-refractivity contribution >= 4 is 12.0 Å². The summed E-state index contributed by atoms with van der Waals surface area (Å²) in [6, 6.07) is 15.6. The molecule has 7 heteroatoms. The van der Waals surface area contributed by atoms with E-state index < -0.39 is 12.0 Å². The molecule has 2 amide bonds. The third-order valence-corrected chi connectivity index (χ3v) is 4.32. The van der Waals surface area contributed by atoms with E-state index in [4.69, 9.17) is 14.2 Å². The number of benzene rings is 2. The van der Waals surface area contributed by atoms with Gasteiger partial charge in [-0.15, -0.1) is 0 Å². The average molecular weight is 396 g/mol. The minimum Gasteiger partial charge on any atom is -0.460 e. The fourth-order valence-electron chi connectivity index (χ4n) is 3.01. The Kier molecular flexibility index (Phi) is 6.86. The Bertz CT molecular complexity index is 895. The highest BCUT2D eigenvalue weighted by Crippen LogP contribution is 2.31. The second kappa shape index (κ2) is 9.75. The van der Waals surface area contributed by atoms with Crippen molar-refractivity contribution < 1.29 is 23.8 Å². The van der Waals surface area contributed by atoms with E-state index in [2.05, 4.69) is 10.6 Å². The van der Waals surface area contributed by atoms with Crippen LogP contribution in [0, 0.1) is 0 Å². The largest absolute Gasteiger partial charge is 0.460 e. The monoisotopic (exact) mass is 396 g/mol. The molecule has 0 aromatic heterocycles. The number of nitrogens with one attached hydrogen (secondary N) is 2. The van der Waals surface area contributed by atoms with Gasteiger partial charge in [0.15, 0.2) is 0 Å². The first-order valence-corrected chi connectivity index (χ1v) is 9.44. The molecule has 0 saturated heterocycles. The summed E-state index contributed by atoms with van der Waals surface area (Å²) in [5.74, 6) is 0.790. The van der Waals surface area contributed by atoms with E-state index in [1.807, 2.05) is 55.5 Å². The normalized spacial score (nSPS) is 16.1. The lowest BCUT2D eigenvalue weighted by atomic mass is 9.95. The van der Waals surface area contributed by atoms with Crippen LogP contribution in [0.2, 0.25) is 0 Å². The van der Waals surface area contributed by atoms with Crippen molar-refractivity contribution in [2.45, 2.75) is 19.9 Å². The summed E-state index contributed by atoms with van der Waals surface area (Å²) in [7, 11) is 0. The molecule has 29 heavy (non-hydrogen) atoms. The zero-order valence-corrected chi connectivity index (χ0v) is 16.4. The minimum atomic E-state index is -0.650. The molecule has 3 rings (SSSR count). The molecule has 7 nitrogen and oxygen atoms in total. The molecular formula is C22H24N2O5. The van der Waals surface area contributed by atoms with E-state index in [1.54, 1.807) is 13.0 Å². The maximum Gasteiger partial charge on any atom is 0.338 e. The molecule has 0 radical (unpaired) electrons. The van der Waals surface area contributed by atoms with Crippen molar-refractivity contribution in [1.29, 1.82) is 0 Å². The molecule has 0 bridgehead atoms. The third kappa shape index (κ3) is 5.36. The van der Waals surface area contributed by atoms with Crippen LogP contribution in [0.4, 0.5) is 4.79 Å². The summed E-state index contributed by atoms with van der Waals surface area (Å²) in [6.07, 6.45) is 0. The first-order chi connectivity index (χ1) is 14.1. The van der Waals surface area contributed by atoms with Crippen molar-refractivity contribution in [3.8, 4) is 11.5 Å². The van der Waals surface area contributed by atoms with E-state index in [1.165, 1.54) is 0 Å². The Hall–Kier alpha value is -3.32. The van der Waals surface area contributed by atoms with Gasteiger partial charge in [-0.2, -0.15) is 0 Å². The number of ether oxygens (including phenoxy) is 3. The lowest BCUT2D eigenvalue weighted by Gasteiger charge is -2.28. The van der Waals surface area contributed by atoms with E-state index in [9.17, 15) is 9.59 Å². The topological polar surface area (TPSA) is 85.9 Å². The molecule has 1 unspecified atom stereocenters. The number of para-hydroxylation sites is 1. The molecule has 0 fully saturated rings. The second-order valence-electron chi connectivity index (χ2n) is 6.39. The maximum atomic E-state index is 12.7. The highest BCUT2D eigenvalue weighted by atomic mass is 16.6. The number of hydrogen-bond donors (Lipinski definition) is 2. The molecule has 0 spiro atoms. The highest BCUT2D eigenvalue weighted by molar-refractivity contribution is 5.95. The third-order valence-electron chi connectivity index (χ3n) is 4.32. The minimum absolute atomic E-state index is 0.140. The van der Waals surface area contributed by atoms with E-state index in [-0.39, 0.29) is 12.6 Å². The maximum absolute atomic E-state index is 12.7. The SMILES string of the molecule is CCOCCOC(=O)C1=C(C)NC(=O)NC1c1cccc(Oc2ccccc2)c1. The Morgan fingerprint density at radius 2 is 1.79 bits per heavy atom. The van der Waals surface area contributed by atoms with Crippen LogP contribution in [-0.4, -0.2) is 31.8 Å². The van der Waals surface area contributed by atoms with Gasteiger partial charge in [-0.05, 0) is 43.7 Å². The average Bonchev–Trinajstić information content (AvgIpc) is 2.71. The van der Waals surface area contributed by atoms with Crippen molar-refractivity contribution in [3.05, 3.63) is 71.4 Å². The number of carbonyl (C=O) groups excluding carboxylic acids is 2. The summed E-state index contributed by atoms with van der Waals surface area (Å²) in [5.41, 5.74) is 1.51. The van der Waals surface area contributed by atoms with Gasteiger partial charge in [-0.1, -0.05) is 30.3 Å². The van der Waals surface area contributed by atoms with Gasteiger partial charge >= 0.3 is 12.0 Å². The van der Waals surface area contributed by atoms with Crippen LogP contribution in [0.3, 0.4) is 0 Å². The second-order valence-corrected chi connectivity index (χ2v) is 6.39. The van der Waals surface area contributed by atoms with Gasteiger partial charge < -0.3 is 24.8 Å². The molecule has 2 aromatic carbocycles. The van der Waals surface area contributed by atoms with Crippen LogP contribution in [0.5, 0.6) is 11.5 Å². The van der Waals surface area contributed by atoms with E-state index in [0.29, 0.717) is 41.5 Å². The molecule has 2 aromatic rings. The van der Waals surface area contributed by atoms with Crippen molar-refractivity contribution in [2.75, 3.05) is 19.8 Å². The number of rotatable bonds is 8. The van der Waals surface area contributed by atoms with Crippen LogP contribution in [0.25, 0.3) is 0 Å². The predicted octanol–water partition coefficient (Wildman–Crippen LogP) is 3.69. The molecular weight excluding hydrogens is 372 g/mol. The van der Waals surface area contributed by atoms with E-state index in [0.717, 1.165) is 0 Å². The predicted molar refractivity (Wildman–Crippen MR) is 108 cm³/mol. The van der Waals surface area contributed by atoms with E-state index >= 15 is 0 Å². The number of amides is 2. The first kappa shape index (κ1) is 20.4. The lowest BCUT2D eigenvalue weighted by Crippen LogP contribution is -2.45. The van der Waals surface area contributed by atoms with Gasteiger partial charge in [0.25, 0.3) is 0 Å². The zero-order chi connectivity index (χ0) is 20.6. The summed E-state index contributed by atoms with van der Waals surface area (Å²) in [6.45, 7) is 4.55. The molecule has 1 atom stereocenters. The van der Waals surface area contributed by atoms with Gasteiger partial charge in [0, 0.05) is 12.3 Å². The van der Waals surface area contributed by atoms with Gasteiger partial charge in [-0.25, -0.2) is 9.59 Å². The Morgan fingerprint density at radius 1 is 1.03 bits per heavy atom. The first-order valence-electron chi connectivity index (χ1n) is 9.44. The number of esters is 1. The fourth-order valence-corrected chi connectivity index (χ4v) is 3.01. The Labute approximate surface area is 169 Å². The van der Waals surface area contributed by atoms with Crippen LogP contribution in [0.1, 0.15) is 25.5 Å². The number of allylic oxidation sites excluding steroid dienone is 1. The van der Waals surface area contributed by atoms with Crippen molar-refractivity contribution in [3.63, 3.8) is 0 Å². The molecule has 152 valence electrons. The lowest BCUT2D eigenvalue weighted by molar-refractivity contribution is -0.141. The number of carbonyl (C=O) groups is 2. The summed E-state index contributed by atoms with van der Waals surface area (Å²) in [5, 5.41) is 5.42. The quantitative estimate of drug-likeness (QED) is 0.525. The zero-order valence-electron chi connectivity index (χ0n) is 16.4.